The lowest BCUT2D eigenvalue weighted by Crippen LogP contribution is -2.54. The first-order valence-corrected chi connectivity index (χ1v) is 8.65. The molecule has 3 fully saturated rings. The number of hydrogen-bond acceptors (Lipinski definition) is 3. The van der Waals surface area contributed by atoms with E-state index < -0.39 is 0 Å². The number of carbonyl (C=O) groups excluding carboxylic acids is 1. The molecule has 1 atom stereocenters. The van der Waals surface area contributed by atoms with Crippen LogP contribution in [0.1, 0.15) is 44.1 Å². The maximum atomic E-state index is 12.2. The number of piperidine rings is 2. The summed E-state index contributed by atoms with van der Waals surface area (Å²) in [5.74, 6) is 0.402. The van der Waals surface area contributed by atoms with Crippen LogP contribution in [-0.4, -0.2) is 46.4 Å². The van der Waals surface area contributed by atoms with Crippen LogP contribution in [0.4, 0.5) is 0 Å². The molecule has 1 spiro atoms. The van der Waals surface area contributed by atoms with Gasteiger partial charge < -0.3 is 4.90 Å². The Morgan fingerprint density at radius 2 is 2.00 bits per heavy atom. The standard InChI is InChI=1S/C18H25N3O/c22-17-4-8-18(14-21(17)16-2-3-16)7-1-11-20(13-18)12-15-5-9-19-10-6-15/h5-6,9-10,16H,1-4,7-8,11-14H2/t18-/m0/s1. The van der Waals surface area contributed by atoms with Crippen molar-refractivity contribution in [3.8, 4) is 0 Å². The Morgan fingerprint density at radius 1 is 1.18 bits per heavy atom. The van der Waals surface area contributed by atoms with E-state index in [-0.39, 0.29) is 0 Å². The largest absolute Gasteiger partial charge is 0.339 e. The molecule has 1 aromatic heterocycles. The third kappa shape index (κ3) is 2.89. The van der Waals surface area contributed by atoms with E-state index in [4.69, 9.17) is 0 Å². The number of likely N-dealkylation sites (tertiary alicyclic amines) is 2. The van der Waals surface area contributed by atoms with Gasteiger partial charge in [0.05, 0.1) is 0 Å². The lowest BCUT2D eigenvalue weighted by molar-refractivity contribution is -0.140. The molecule has 1 aromatic rings. The minimum absolute atomic E-state index is 0.349. The fourth-order valence-electron chi connectivity index (χ4n) is 4.29. The highest BCUT2D eigenvalue weighted by Gasteiger charge is 2.45. The Bertz CT molecular complexity index is 543. The Labute approximate surface area is 132 Å². The van der Waals surface area contributed by atoms with Crippen LogP contribution in [0.3, 0.4) is 0 Å². The quantitative estimate of drug-likeness (QED) is 0.860. The van der Waals surface area contributed by atoms with Gasteiger partial charge in [0.15, 0.2) is 0 Å². The molecule has 4 rings (SSSR count). The van der Waals surface area contributed by atoms with Crippen molar-refractivity contribution in [2.24, 2.45) is 5.41 Å². The van der Waals surface area contributed by atoms with Crippen molar-refractivity contribution in [1.82, 2.24) is 14.8 Å². The molecule has 1 aliphatic carbocycles. The second-order valence-electron chi connectivity index (χ2n) is 7.42. The van der Waals surface area contributed by atoms with Crippen molar-refractivity contribution in [3.63, 3.8) is 0 Å². The van der Waals surface area contributed by atoms with E-state index in [0.29, 0.717) is 17.4 Å². The fourth-order valence-corrected chi connectivity index (χ4v) is 4.29. The zero-order chi connectivity index (χ0) is 15.0. The second-order valence-corrected chi connectivity index (χ2v) is 7.42. The van der Waals surface area contributed by atoms with Crippen LogP contribution >= 0.6 is 0 Å². The Balaban J connectivity index is 1.44. The summed E-state index contributed by atoms with van der Waals surface area (Å²) >= 11 is 0. The van der Waals surface area contributed by atoms with E-state index in [0.717, 1.165) is 32.5 Å². The first kappa shape index (κ1) is 14.2. The number of pyridine rings is 1. The minimum atomic E-state index is 0.349. The minimum Gasteiger partial charge on any atom is -0.339 e. The molecular formula is C18H25N3O. The van der Waals surface area contributed by atoms with E-state index in [1.165, 1.54) is 37.8 Å². The lowest BCUT2D eigenvalue weighted by atomic mass is 9.73. The van der Waals surface area contributed by atoms with Crippen LogP contribution < -0.4 is 0 Å². The molecule has 1 saturated carbocycles. The summed E-state index contributed by atoms with van der Waals surface area (Å²) in [7, 11) is 0. The van der Waals surface area contributed by atoms with E-state index >= 15 is 0 Å². The van der Waals surface area contributed by atoms with Gasteiger partial charge in [-0.2, -0.15) is 0 Å². The van der Waals surface area contributed by atoms with Gasteiger partial charge in [-0.25, -0.2) is 0 Å². The third-order valence-electron chi connectivity index (χ3n) is 5.58. The van der Waals surface area contributed by atoms with Gasteiger partial charge >= 0.3 is 0 Å². The summed E-state index contributed by atoms with van der Waals surface area (Å²) in [5.41, 5.74) is 1.69. The van der Waals surface area contributed by atoms with Gasteiger partial charge in [0.1, 0.15) is 0 Å². The summed E-state index contributed by atoms with van der Waals surface area (Å²) in [6, 6.07) is 4.80. The van der Waals surface area contributed by atoms with Crippen molar-refractivity contribution >= 4 is 5.91 Å². The first-order valence-electron chi connectivity index (χ1n) is 8.65. The fraction of sp³-hybridized carbons (Fsp3) is 0.667. The van der Waals surface area contributed by atoms with Crippen LogP contribution in [0.2, 0.25) is 0 Å². The number of nitrogens with zero attached hydrogens (tertiary/aromatic N) is 3. The van der Waals surface area contributed by atoms with Gasteiger partial charge in [-0.3, -0.25) is 14.7 Å². The van der Waals surface area contributed by atoms with Crippen LogP contribution in [0.15, 0.2) is 24.5 Å². The molecule has 118 valence electrons. The number of carbonyl (C=O) groups is 1. The number of amides is 1. The first-order chi connectivity index (χ1) is 10.7. The molecule has 4 nitrogen and oxygen atoms in total. The highest BCUT2D eigenvalue weighted by Crippen LogP contribution is 2.42. The predicted molar refractivity (Wildman–Crippen MR) is 85.2 cm³/mol. The lowest BCUT2D eigenvalue weighted by Gasteiger charge is -2.48. The van der Waals surface area contributed by atoms with Gasteiger partial charge in [-0.15, -0.1) is 0 Å². The van der Waals surface area contributed by atoms with E-state index in [1.54, 1.807) is 0 Å². The molecule has 3 aliphatic rings. The Kier molecular flexibility index (Phi) is 3.65. The van der Waals surface area contributed by atoms with Crippen molar-refractivity contribution in [1.29, 1.82) is 0 Å². The van der Waals surface area contributed by atoms with Crippen molar-refractivity contribution in [3.05, 3.63) is 30.1 Å². The van der Waals surface area contributed by atoms with Crippen molar-refractivity contribution in [2.45, 2.75) is 51.1 Å². The van der Waals surface area contributed by atoms with Crippen LogP contribution in [-0.2, 0) is 11.3 Å². The summed E-state index contributed by atoms with van der Waals surface area (Å²) in [4.78, 5) is 21.1. The predicted octanol–water partition coefficient (Wildman–Crippen LogP) is 2.45. The second kappa shape index (κ2) is 5.65. The van der Waals surface area contributed by atoms with Crippen LogP contribution in [0.5, 0.6) is 0 Å². The Hall–Kier alpha value is -1.42. The maximum Gasteiger partial charge on any atom is 0.222 e. The summed E-state index contributed by atoms with van der Waals surface area (Å²) in [5, 5.41) is 0. The number of rotatable bonds is 3. The topological polar surface area (TPSA) is 36.4 Å². The monoisotopic (exact) mass is 299 g/mol. The van der Waals surface area contributed by atoms with Gasteiger partial charge in [0.25, 0.3) is 0 Å². The molecule has 0 radical (unpaired) electrons. The zero-order valence-electron chi connectivity index (χ0n) is 13.2. The number of hydrogen-bond donors (Lipinski definition) is 0. The summed E-state index contributed by atoms with van der Waals surface area (Å²) < 4.78 is 0. The molecule has 0 unspecified atom stereocenters. The van der Waals surface area contributed by atoms with Crippen LogP contribution in [0.25, 0.3) is 0 Å². The number of aromatic nitrogens is 1. The van der Waals surface area contributed by atoms with Gasteiger partial charge in [-0.1, -0.05) is 0 Å². The van der Waals surface area contributed by atoms with E-state index in [2.05, 4.69) is 26.9 Å². The molecule has 4 heteroatoms. The average molecular weight is 299 g/mol. The van der Waals surface area contributed by atoms with E-state index in [1.807, 2.05) is 12.4 Å². The highest BCUT2D eigenvalue weighted by atomic mass is 16.2. The van der Waals surface area contributed by atoms with Gasteiger partial charge in [-0.05, 0) is 56.3 Å². The smallest absolute Gasteiger partial charge is 0.222 e. The molecule has 3 heterocycles. The molecule has 22 heavy (non-hydrogen) atoms. The van der Waals surface area contributed by atoms with Gasteiger partial charge in [0.2, 0.25) is 5.91 Å². The SMILES string of the molecule is O=C1CC[C@]2(CCCN(Cc3ccncc3)C2)CN1C1CC1. The maximum absolute atomic E-state index is 12.2. The van der Waals surface area contributed by atoms with Crippen molar-refractivity contribution in [2.75, 3.05) is 19.6 Å². The molecule has 0 N–H and O–H groups in total. The summed E-state index contributed by atoms with van der Waals surface area (Å²) in [6.07, 6.45) is 10.6. The Morgan fingerprint density at radius 3 is 2.77 bits per heavy atom. The average Bonchev–Trinajstić information content (AvgIpc) is 3.36. The zero-order valence-corrected chi connectivity index (χ0v) is 13.2. The molecule has 1 amide bonds. The van der Waals surface area contributed by atoms with Crippen LogP contribution in [0, 0.1) is 5.41 Å². The van der Waals surface area contributed by atoms with Gasteiger partial charge in [0, 0.05) is 49.9 Å². The normalized spacial score (nSPS) is 30.0. The molecule has 0 aromatic carbocycles. The van der Waals surface area contributed by atoms with E-state index in [9.17, 15) is 4.79 Å². The molecule has 2 saturated heterocycles. The summed E-state index contributed by atoms with van der Waals surface area (Å²) in [6.45, 7) is 4.35. The van der Waals surface area contributed by atoms with Crippen molar-refractivity contribution < 1.29 is 4.79 Å². The molecular weight excluding hydrogens is 274 g/mol. The molecule has 0 bridgehead atoms. The molecule has 2 aliphatic heterocycles. The highest BCUT2D eigenvalue weighted by molar-refractivity contribution is 5.78. The third-order valence-corrected chi connectivity index (χ3v) is 5.58.